The van der Waals surface area contributed by atoms with E-state index < -0.39 is 11.3 Å². The van der Waals surface area contributed by atoms with Gasteiger partial charge in [0.15, 0.2) is 11.4 Å². The van der Waals surface area contributed by atoms with Gasteiger partial charge in [-0.1, -0.05) is 105 Å². The van der Waals surface area contributed by atoms with Crippen LogP contribution in [0.4, 0.5) is 0 Å². The van der Waals surface area contributed by atoms with Gasteiger partial charge in [-0.25, -0.2) is 0 Å². The minimum atomic E-state index is -0.588. The van der Waals surface area contributed by atoms with Crippen LogP contribution in [0.2, 0.25) is 0 Å². The van der Waals surface area contributed by atoms with E-state index in [2.05, 4.69) is 24.3 Å². The lowest BCUT2D eigenvalue weighted by atomic mass is 9.83. The second-order valence-corrected chi connectivity index (χ2v) is 11.9. The fraction of sp³-hybridized carbons (Fsp3) is 0.324. The van der Waals surface area contributed by atoms with Gasteiger partial charge in [0.25, 0.3) is 11.8 Å². The molecule has 0 spiro atoms. The third-order valence-electron chi connectivity index (χ3n) is 8.16. The number of ether oxygens (including phenoxy) is 2. The minimum absolute atomic E-state index is 0.0204. The van der Waals surface area contributed by atoms with E-state index in [4.69, 9.17) is 9.47 Å². The molecule has 0 N–H and O–H groups in total. The van der Waals surface area contributed by atoms with Crippen LogP contribution in [0.25, 0.3) is 0 Å². The van der Waals surface area contributed by atoms with Gasteiger partial charge in [0, 0.05) is 45.9 Å². The Balaban J connectivity index is 1.75. The first-order valence-electron chi connectivity index (χ1n) is 15.4. The highest BCUT2D eigenvalue weighted by Crippen LogP contribution is 2.40. The van der Waals surface area contributed by atoms with Crippen LogP contribution >= 0.6 is 0 Å². The Morgan fingerprint density at radius 3 is 2.04 bits per heavy atom. The molecule has 8 heteroatoms. The lowest BCUT2D eigenvalue weighted by Crippen LogP contribution is -2.48. The molecule has 1 atom stereocenters. The van der Waals surface area contributed by atoms with Gasteiger partial charge in [0.2, 0.25) is 5.43 Å². The number of methoxy groups -OCH3 is 1. The monoisotopic (exact) mass is 607 g/mol. The molecule has 2 amide bonds. The highest BCUT2D eigenvalue weighted by molar-refractivity contribution is 5.99. The molecule has 1 aliphatic heterocycles. The molecule has 5 rings (SSSR count). The van der Waals surface area contributed by atoms with E-state index in [-0.39, 0.29) is 47.4 Å². The number of carbonyl (C=O) groups is 2. The lowest BCUT2D eigenvalue weighted by molar-refractivity contribution is 0.0576. The Morgan fingerprint density at radius 2 is 1.49 bits per heavy atom. The summed E-state index contributed by atoms with van der Waals surface area (Å²) >= 11 is 0. The van der Waals surface area contributed by atoms with Crippen molar-refractivity contribution in [1.82, 2.24) is 14.4 Å². The van der Waals surface area contributed by atoms with Crippen molar-refractivity contribution < 1.29 is 19.1 Å². The number of rotatable bonds is 12. The summed E-state index contributed by atoms with van der Waals surface area (Å²) in [5.41, 5.74) is 2.48. The summed E-state index contributed by atoms with van der Waals surface area (Å²) in [5.74, 6) is -0.850. The third-order valence-corrected chi connectivity index (χ3v) is 8.16. The highest BCUT2D eigenvalue weighted by atomic mass is 16.5. The number of nitrogens with zero attached hydrogens (tertiary/aromatic N) is 3. The molecule has 0 radical (unpaired) electrons. The van der Waals surface area contributed by atoms with Crippen LogP contribution in [-0.4, -0.2) is 66.6 Å². The summed E-state index contributed by atoms with van der Waals surface area (Å²) in [6.07, 6.45) is 1.58. The molecule has 0 unspecified atom stereocenters. The molecule has 45 heavy (non-hydrogen) atoms. The lowest BCUT2D eigenvalue weighted by Gasteiger charge is -2.41. The highest BCUT2D eigenvalue weighted by Gasteiger charge is 2.40. The molecule has 1 aliphatic rings. The Kier molecular flexibility index (Phi) is 10.1. The van der Waals surface area contributed by atoms with Crippen molar-refractivity contribution in [2.45, 2.75) is 32.4 Å². The normalized spacial score (nSPS) is 14.5. The molecule has 0 fully saturated rings. The van der Waals surface area contributed by atoms with Crippen LogP contribution < -0.4 is 10.2 Å². The van der Waals surface area contributed by atoms with E-state index in [0.717, 1.165) is 16.7 Å². The van der Waals surface area contributed by atoms with Gasteiger partial charge >= 0.3 is 0 Å². The number of hydrogen-bond donors (Lipinski definition) is 0. The molecule has 234 valence electrons. The zero-order chi connectivity index (χ0) is 31.9. The predicted molar refractivity (Wildman–Crippen MR) is 175 cm³/mol. The van der Waals surface area contributed by atoms with Crippen molar-refractivity contribution in [1.29, 1.82) is 0 Å². The second-order valence-electron chi connectivity index (χ2n) is 11.9. The summed E-state index contributed by atoms with van der Waals surface area (Å²) in [6, 6.07) is 29.3. The Morgan fingerprint density at radius 1 is 0.911 bits per heavy atom. The number of hydrogen-bond acceptors (Lipinski definition) is 5. The molecule has 3 aromatic carbocycles. The summed E-state index contributed by atoms with van der Waals surface area (Å²) in [6.45, 7) is 5.60. The maximum atomic E-state index is 14.2. The molecule has 0 saturated heterocycles. The van der Waals surface area contributed by atoms with Gasteiger partial charge in [0.1, 0.15) is 12.2 Å². The first-order valence-corrected chi connectivity index (χ1v) is 15.4. The molecule has 0 bridgehead atoms. The van der Waals surface area contributed by atoms with Crippen LogP contribution in [0.5, 0.6) is 5.75 Å². The fourth-order valence-electron chi connectivity index (χ4n) is 6.09. The van der Waals surface area contributed by atoms with E-state index in [1.807, 2.05) is 85.1 Å². The van der Waals surface area contributed by atoms with Gasteiger partial charge in [-0.3, -0.25) is 14.4 Å². The number of fused-ring (bicyclic) bond motifs is 1. The first-order chi connectivity index (χ1) is 21.8. The molecular formula is C37H41N3O5. The zero-order valence-corrected chi connectivity index (χ0v) is 26.4. The van der Waals surface area contributed by atoms with Gasteiger partial charge in [-0.15, -0.1) is 0 Å². The Labute approximate surface area is 264 Å². The molecule has 1 aromatic heterocycles. The smallest absolute Gasteiger partial charge is 0.274 e. The van der Waals surface area contributed by atoms with Crippen LogP contribution in [0, 0.1) is 5.92 Å². The van der Waals surface area contributed by atoms with Crippen molar-refractivity contribution in [2.75, 3.05) is 40.4 Å². The number of aromatic nitrogens is 1. The van der Waals surface area contributed by atoms with E-state index in [0.29, 0.717) is 26.2 Å². The SMILES string of the molecule is COCCN1C[C@H](C(c2ccccc2)c2ccccc2)n2cc(C(=O)N(C)CC(C)C)c(=O)c(OCc3ccccc3)c2C1=O. The molecule has 0 saturated carbocycles. The largest absolute Gasteiger partial charge is 0.483 e. The van der Waals surface area contributed by atoms with Crippen LogP contribution in [0.1, 0.15) is 63.3 Å². The topological polar surface area (TPSA) is 81.1 Å². The zero-order valence-electron chi connectivity index (χ0n) is 26.4. The molecule has 0 aliphatic carbocycles. The number of benzene rings is 3. The number of amides is 2. The fourth-order valence-corrected chi connectivity index (χ4v) is 6.09. The average molecular weight is 608 g/mol. The van der Waals surface area contributed by atoms with Gasteiger partial charge < -0.3 is 23.8 Å². The van der Waals surface area contributed by atoms with Crippen molar-refractivity contribution in [3.05, 3.63) is 135 Å². The quantitative estimate of drug-likeness (QED) is 0.209. The van der Waals surface area contributed by atoms with Crippen LogP contribution in [0.3, 0.4) is 0 Å². The van der Waals surface area contributed by atoms with Gasteiger partial charge in [0.05, 0.1) is 12.6 Å². The van der Waals surface area contributed by atoms with Crippen LogP contribution in [0.15, 0.2) is 102 Å². The maximum Gasteiger partial charge on any atom is 0.274 e. The minimum Gasteiger partial charge on any atom is -0.483 e. The molecule has 8 nitrogen and oxygen atoms in total. The standard InChI is InChI=1S/C37H41N3O5/c1-26(2)22-38(3)36(42)30-23-40-31(32(28-16-10-6-11-17-28)29-18-12-7-13-19-29)24-39(20-21-44-4)37(43)33(40)35(34(30)41)45-25-27-14-8-5-9-15-27/h5-19,23,26,31-32H,20-22,24-25H2,1-4H3/t31-/m1/s1. The molecule has 2 heterocycles. The Bertz CT molecular complexity index is 1610. The number of carbonyl (C=O) groups excluding carboxylic acids is 2. The van der Waals surface area contributed by atoms with E-state index >= 15 is 0 Å². The summed E-state index contributed by atoms with van der Waals surface area (Å²) < 4.78 is 13.5. The first kappa shape index (κ1) is 31.7. The van der Waals surface area contributed by atoms with E-state index in [1.165, 1.54) is 0 Å². The van der Waals surface area contributed by atoms with E-state index in [9.17, 15) is 14.4 Å². The summed E-state index contributed by atoms with van der Waals surface area (Å²) in [4.78, 5) is 45.6. The van der Waals surface area contributed by atoms with Gasteiger partial charge in [-0.05, 0) is 22.6 Å². The summed E-state index contributed by atoms with van der Waals surface area (Å²) in [5, 5.41) is 0. The summed E-state index contributed by atoms with van der Waals surface area (Å²) in [7, 11) is 3.29. The maximum absolute atomic E-state index is 14.2. The number of pyridine rings is 1. The average Bonchev–Trinajstić information content (AvgIpc) is 3.05. The predicted octanol–water partition coefficient (Wildman–Crippen LogP) is 5.63. The molecular weight excluding hydrogens is 566 g/mol. The van der Waals surface area contributed by atoms with Crippen LogP contribution in [-0.2, 0) is 11.3 Å². The van der Waals surface area contributed by atoms with Crippen molar-refractivity contribution in [2.24, 2.45) is 5.92 Å². The second kappa shape index (κ2) is 14.4. The van der Waals surface area contributed by atoms with Crippen molar-refractivity contribution in [3.63, 3.8) is 0 Å². The molecule has 4 aromatic rings. The third kappa shape index (κ3) is 7.02. The van der Waals surface area contributed by atoms with Gasteiger partial charge in [-0.2, -0.15) is 0 Å². The van der Waals surface area contributed by atoms with E-state index in [1.54, 1.807) is 30.2 Å². The Hall–Kier alpha value is -4.69. The van der Waals surface area contributed by atoms with Crippen molar-refractivity contribution in [3.8, 4) is 5.75 Å². The van der Waals surface area contributed by atoms with Crippen molar-refractivity contribution >= 4 is 11.8 Å².